The van der Waals surface area contributed by atoms with Crippen molar-refractivity contribution in [1.29, 1.82) is 0 Å². The van der Waals surface area contributed by atoms with Crippen LogP contribution in [0.25, 0.3) is 21.1 Å². The summed E-state index contributed by atoms with van der Waals surface area (Å²) in [5.74, 6) is -0.154. The second-order valence-electron chi connectivity index (χ2n) is 7.83. The van der Waals surface area contributed by atoms with E-state index >= 15 is 0 Å². The molecule has 4 N–H and O–H groups in total. The first-order chi connectivity index (χ1) is 14.3. The van der Waals surface area contributed by atoms with Gasteiger partial charge in [-0.2, -0.15) is 0 Å². The highest BCUT2D eigenvalue weighted by Crippen LogP contribution is 2.29. The van der Waals surface area contributed by atoms with Gasteiger partial charge >= 0.3 is 0 Å². The lowest BCUT2D eigenvalue weighted by molar-refractivity contribution is -0.121. The van der Waals surface area contributed by atoms with Crippen LogP contribution in [-0.4, -0.2) is 22.4 Å². The van der Waals surface area contributed by atoms with Gasteiger partial charge in [-0.3, -0.25) is 4.79 Å². The Morgan fingerprint density at radius 1 is 1.30 bits per heavy atom. The topological polar surface area (TPSA) is 83.8 Å². The zero-order valence-electron chi connectivity index (χ0n) is 17.3. The second kappa shape index (κ2) is 8.07. The Morgan fingerprint density at radius 2 is 2.10 bits per heavy atom. The lowest BCUT2D eigenvalue weighted by Gasteiger charge is -2.12. The van der Waals surface area contributed by atoms with E-state index in [0.29, 0.717) is 30.0 Å². The van der Waals surface area contributed by atoms with Crippen molar-refractivity contribution in [2.75, 3.05) is 12.3 Å². The second-order valence-corrected chi connectivity index (χ2v) is 8.89. The summed E-state index contributed by atoms with van der Waals surface area (Å²) in [4.78, 5) is 19.9. The number of nitrogens with zero attached hydrogens (tertiary/aromatic N) is 1. The fourth-order valence-corrected chi connectivity index (χ4v) is 4.80. The molecule has 0 saturated heterocycles. The van der Waals surface area contributed by atoms with Gasteiger partial charge in [-0.25, -0.2) is 9.37 Å². The number of aryl methyl sites for hydroxylation is 2. The standard InChI is InChI=1S/C23H25FN4OS/c1-12-4-6-17(24)22-21(12)16(14(3)27-22)8-9-26-20(29)10-13(2)15-5-7-18-19(11-15)30-23(25)28-18/h4-7,11,13,27H,8-10H2,1-3H3,(H2,25,28)(H,26,29). The van der Waals surface area contributed by atoms with Crippen molar-refractivity contribution < 1.29 is 9.18 Å². The molecule has 0 bridgehead atoms. The third kappa shape index (κ3) is 3.89. The Labute approximate surface area is 178 Å². The number of carbonyl (C=O) groups excluding carboxylic acids is 1. The average Bonchev–Trinajstić information content (AvgIpc) is 3.23. The van der Waals surface area contributed by atoms with Gasteiger partial charge in [0.1, 0.15) is 5.82 Å². The maximum absolute atomic E-state index is 14.1. The summed E-state index contributed by atoms with van der Waals surface area (Å²) in [7, 11) is 0. The van der Waals surface area contributed by atoms with Gasteiger partial charge in [0.25, 0.3) is 0 Å². The minimum absolute atomic E-state index is 0.00631. The Morgan fingerprint density at radius 3 is 2.90 bits per heavy atom. The molecule has 4 aromatic rings. The molecule has 0 radical (unpaired) electrons. The summed E-state index contributed by atoms with van der Waals surface area (Å²) in [6, 6.07) is 9.30. The minimum Gasteiger partial charge on any atom is -0.375 e. The first-order valence-corrected chi connectivity index (χ1v) is 10.8. The predicted octanol–water partition coefficient (Wildman–Crippen LogP) is 4.97. The van der Waals surface area contributed by atoms with Gasteiger partial charge in [0.15, 0.2) is 5.13 Å². The fourth-order valence-electron chi connectivity index (χ4n) is 4.02. The number of rotatable bonds is 6. The Kier molecular flexibility index (Phi) is 5.47. The van der Waals surface area contributed by atoms with E-state index in [1.165, 1.54) is 17.4 Å². The quantitative estimate of drug-likeness (QED) is 0.409. The number of thiazole rings is 1. The maximum Gasteiger partial charge on any atom is 0.220 e. The molecule has 5 nitrogen and oxygen atoms in total. The zero-order valence-corrected chi connectivity index (χ0v) is 18.1. The van der Waals surface area contributed by atoms with Crippen molar-refractivity contribution in [2.45, 2.75) is 39.5 Å². The van der Waals surface area contributed by atoms with Gasteiger partial charge in [0, 0.05) is 24.0 Å². The first kappa shape index (κ1) is 20.3. The number of amides is 1. The van der Waals surface area contributed by atoms with E-state index in [4.69, 9.17) is 5.73 Å². The number of anilines is 1. The number of halogens is 1. The lowest BCUT2D eigenvalue weighted by Crippen LogP contribution is -2.26. The molecule has 0 aliphatic carbocycles. The normalized spacial score (nSPS) is 12.5. The number of nitrogens with two attached hydrogens (primary N) is 1. The molecule has 1 unspecified atom stereocenters. The van der Waals surface area contributed by atoms with E-state index in [-0.39, 0.29) is 17.6 Å². The number of nitrogens with one attached hydrogen (secondary N) is 2. The molecule has 0 spiro atoms. The van der Waals surface area contributed by atoms with Crippen LogP contribution in [0.15, 0.2) is 30.3 Å². The molecular formula is C23H25FN4OS. The fraction of sp³-hybridized carbons (Fsp3) is 0.304. The summed E-state index contributed by atoms with van der Waals surface area (Å²) < 4.78 is 15.1. The highest BCUT2D eigenvalue weighted by molar-refractivity contribution is 7.22. The van der Waals surface area contributed by atoms with Crippen LogP contribution in [0.3, 0.4) is 0 Å². The van der Waals surface area contributed by atoms with Gasteiger partial charge in [-0.05, 0) is 61.1 Å². The third-order valence-corrected chi connectivity index (χ3v) is 6.46. The number of hydrogen-bond acceptors (Lipinski definition) is 4. The van der Waals surface area contributed by atoms with Gasteiger partial charge in [-0.1, -0.05) is 30.4 Å². The van der Waals surface area contributed by atoms with Crippen LogP contribution in [0, 0.1) is 19.7 Å². The molecule has 0 aliphatic rings. The molecule has 2 aromatic carbocycles. The van der Waals surface area contributed by atoms with Crippen molar-refractivity contribution >= 4 is 43.5 Å². The van der Waals surface area contributed by atoms with Crippen molar-refractivity contribution in [1.82, 2.24) is 15.3 Å². The lowest BCUT2D eigenvalue weighted by atomic mass is 9.97. The maximum atomic E-state index is 14.1. The summed E-state index contributed by atoms with van der Waals surface area (Å²) in [5.41, 5.74) is 11.3. The number of hydrogen-bond donors (Lipinski definition) is 3. The van der Waals surface area contributed by atoms with Crippen LogP contribution in [0.4, 0.5) is 9.52 Å². The average molecular weight is 425 g/mol. The number of aromatic amines is 1. The van der Waals surface area contributed by atoms with E-state index in [1.54, 1.807) is 6.07 Å². The SMILES string of the molecule is Cc1[nH]c2c(F)ccc(C)c2c1CCNC(=O)CC(C)c1ccc2nc(N)sc2c1. The molecule has 156 valence electrons. The van der Waals surface area contributed by atoms with Crippen LogP contribution >= 0.6 is 11.3 Å². The number of fused-ring (bicyclic) bond motifs is 2. The smallest absolute Gasteiger partial charge is 0.220 e. The van der Waals surface area contributed by atoms with Crippen LogP contribution < -0.4 is 11.1 Å². The highest BCUT2D eigenvalue weighted by atomic mass is 32.1. The van der Waals surface area contributed by atoms with E-state index < -0.39 is 0 Å². The zero-order chi connectivity index (χ0) is 21.4. The van der Waals surface area contributed by atoms with Crippen LogP contribution in [0.2, 0.25) is 0 Å². The molecule has 30 heavy (non-hydrogen) atoms. The molecule has 2 aromatic heterocycles. The van der Waals surface area contributed by atoms with Gasteiger partial charge in [0.05, 0.1) is 15.7 Å². The third-order valence-electron chi connectivity index (χ3n) is 5.62. The highest BCUT2D eigenvalue weighted by Gasteiger charge is 2.16. The molecule has 4 rings (SSSR count). The molecular weight excluding hydrogens is 399 g/mol. The van der Waals surface area contributed by atoms with Crippen molar-refractivity contribution in [3.05, 3.63) is 58.5 Å². The molecule has 1 atom stereocenters. The Hall–Kier alpha value is -2.93. The van der Waals surface area contributed by atoms with Crippen molar-refractivity contribution in [3.63, 3.8) is 0 Å². The number of carbonyl (C=O) groups is 1. The van der Waals surface area contributed by atoms with E-state index in [0.717, 1.165) is 38.0 Å². The summed E-state index contributed by atoms with van der Waals surface area (Å²) in [6.07, 6.45) is 1.06. The van der Waals surface area contributed by atoms with Gasteiger partial charge < -0.3 is 16.0 Å². The number of nitrogen functional groups attached to an aromatic ring is 1. The molecule has 0 fully saturated rings. The number of aromatic nitrogens is 2. The molecule has 7 heteroatoms. The van der Waals surface area contributed by atoms with Gasteiger partial charge in [0.2, 0.25) is 5.91 Å². The summed E-state index contributed by atoms with van der Waals surface area (Å²) in [6.45, 7) is 6.48. The molecule has 1 amide bonds. The van der Waals surface area contributed by atoms with Crippen LogP contribution in [0.5, 0.6) is 0 Å². The molecule has 2 heterocycles. The Balaban J connectivity index is 1.38. The summed E-state index contributed by atoms with van der Waals surface area (Å²) in [5, 5.41) is 4.49. The number of H-pyrrole nitrogens is 1. The van der Waals surface area contributed by atoms with Crippen LogP contribution in [-0.2, 0) is 11.2 Å². The molecule has 0 saturated carbocycles. The largest absolute Gasteiger partial charge is 0.375 e. The van der Waals surface area contributed by atoms with E-state index in [2.05, 4.69) is 21.4 Å². The monoisotopic (exact) mass is 424 g/mol. The van der Waals surface area contributed by atoms with Crippen molar-refractivity contribution in [2.24, 2.45) is 0 Å². The molecule has 0 aliphatic heterocycles. The first-order valence-electron chi connectivity index (χ1n) is 10.0. The van der Waals surface area contributed by atoms with Crippen molar-refractivity contribution in [3.8, 4) is 0 Å². The predicted molar refractivity (Wildman–Crippen MR) is 122 cm³/mol. The van der Waals surface area contributed by atoms with E-state index in [1.807, 2.05) is 32.9 Å². The number of benzene rings is 2. The summed E-state index contributed by atoms with van der Waals surface area (Å²) >= 11 is 1.46. The minimum atomic E-state index is -0.248. The van der Waals surface area contributed by atoms with Crippen LogP contribution in [0.1, 0.15) is 41.6 Å². The Bertz CT molecular complexity index is 1240. The van der Waals surface area contributed by atoms with E-state index in [9.17, 15) is 9.18 Å². The van der Waals surface area contributed by atoms with Gasteiger partial charge in [-0.15, -0.1) is 0 Å².